The van der Waals surface area contributed by atoms with Crippen molar-refractivity contribution < 1.29 is 22.8 Å². The van der Waals surface area contributed by atoms with E-state index < -0.39 is 15.9 Å². The highest BCUT2D eigenvalue weighted by Crippen LogP contribution is 2.13. The fourth-order valence-electron chi connectivity index (χ4n) is 1.92. The van der Waals surface area contributed by atoms with Crippen molar-refractivity contribution >= 4 is 27.8 Å². The molecule has 0 saturated carbocycles. The minimum absolute atomic E-state index is 0.110. The van der Waals surface area contributed by atoms with Gasteiger partial charge in [-0.1, -0.05) is 5.16 Å². The highest BCUT2D eigenvalue weighted by atomic mass is 32.2. The molecule has 2 aromatic rings. The van der Waals surface area contributed by atoms with E-state index in [1.165, 1.54) is 37.5 Å². The summed E-state index contributed by atoms with van der Waals surface area (Å²) in [6.45, 7) is -0.275. The zero-order valence-electron chi connectivity index (χ0n) is 14.3. The Labute approximate surface area is 151 Å². The van der Waals surface area contributed by atoms with E-state index >= 15 is 0 Å². The summed E-state index contributed by atoms with van der Waals surface area (Å²) < 4.78 is 30.5. The van der Waals surface area contributed by atoms with Gasteiger partial charge in [0.2, 0.25) is 10.0 Å². The van der Waals surface area contributed by atoms with E-state index in [0.717, 1.165) is 11.3 Å². The average molecular weight is 377 g/mol. The molecule has 2 N–H and O–H groups in total. The summed E-state index contributed by atoms with van der Waals surface area (Å²) in [5.41, 5.74) is 1.25. The Kier molecular flexibility index (Phi) is 6.70. The summed E-state index contributed by atoms with van der Waals surface area (Å²) in [5, 5.41) is 6.30. The number of nitrogens with one attached hydrogen (secondary N) is 2. The van der Waals surface area contributed by atoms with Gasteiger partial charge in [-0.2, -0.15) is 0 Å². The number of sulfonamides is 1. The molecule has 8 nitrogen and oxygen atoms in total. The quantitative estimate of drug-likeness (QED) is 0.537. The van der Waals surface area contributed by atoms with Crippen LogP contribution in [0.15, 0.2) is 58.6 Å². The van der Waals surface area contributed by atoms with Crippen LogP contribution in [0.5, 0.6) is 5.75 Å². The summed E-state index contributed by atoms with van der Waals surface area (Å²) in [5.74, 6) is 0.317. The number of amides is 1. The monoisotopic (exact) mass is 377 g/mol. The zero-order valence-corrected chi connectivity index (χ0v) is 15.1. The minimum atomic E-state index is -3.51. The van der Waals surface area contributed by atoms with Gasteiger partial charge in [-0.15, -0.1) is 0 Å². The first-order chi connectivity index (χ1) is 12.4. The molecule has 0 radical (unpaired) electrons. The molecule has 1 amide bonds. The lowest BCUT2D eigenvalue weighted by molar-refractivity contribution is -0.120. The molecule has 9 heteroatoms. The lowest BCUT2D eigenvalue weighted by Crippen LogP contribution is -2.19. The number of nitrogens with zero attached hydrogens (tertiary/aromatic N) is 1. The van der Waals surface area contributed by atoms with Crippen molar-refractivity contribution in [3.05, 3.63) is 54.1 Å². The number of hydrogen-bond acceptors (Lipinski definition) is 6. The Balaban J connectivity index is 1.82. The molecule has 0 atom stereocenters. The number of oxime groups is 1. The fourth-order valence-corrected chi connectivity index (χ4v) is 2.65. The second kappa shape index (κ2) is 8.97. The summed E-state index contributed by atoms with van der Waals surface area (Å²) >= 11 is 0. The van der Waals surface area contributed by atoms with Crippen molar-refractivity contribution in [3.8, 4) is 5.75 Å². The average Bonchev–Trinajstić information content (AvgIpc) is 2.66. The Bertz CT molecular complexity index is 862. The van der Waals surface area contributed by atoms with Gasteiger partial charge in [0.15, 0.2) is 6.61 Å². The van der Waals surface area contributed by atoms with Gasteiger partial charge >= 0.3 is 0 Å². The summed E-state index contributed by atoms with van der Waals surface area (Å²) in [7, 11) is -0.597. The Hall–Kier alpha value is -2.91. The first-order valence-electron chi connectivity index (χ1n) is 7.57. The molecule has 0 aliphatic heterocycles. The van der Waals surface area contributed by atoms with Crippen LogP contribution in [0.25, 0.3) is 0 Å². The molecule has 0 aromatic heterocycles. The summed E-state index contributed by atoms with van der Waals surface area (Å²) in [6.07, 6.45) is 1.48. The van der Waals surface area contributed by atoms with Crippen LogP contribution < -0.4 is 14.8 Å². The van der Waals surface area contributed by atoms with E-state index in [1.807, 2.05) is 0 Å². The van der Waals surface area contributed by atoms with Gasteiger partial charge in [0.1, 0.15) is 5.75 Å². The topological polar surface area (TPSA) is 106 Å². The van der Waals surface area contributed by atoms with Gasteiger partial charge in [0.05, 0.1) is 18.2 Å². The van der Waals surface area contributed by atoms with Crippen molar-refractivity contribution in [3.63, 3.8) is 0 Å². The van der Waals surface area contributed by atoms with Gasteiger partial charge in [-0.25, -0.2) is 13.1 Å². The van der Waals surface area contributed by atoms with E-state index in [2.05, 4.69) is 15.2 Å². The molecular weight excluding hydrogens is 358 g/mol. The molecule has 0 spiro atoms. The van der Waals surface area contributed by atoms with Crippen molar-refractivity contribution in [2.45, 2.75) is 4.90 Å². The minimum Gasteiger partial charge on any atom is -0.497 e. The van der Waals surface area contributed by atoms with Crippen molar-refractivity contribution in [2.75, 3.05) is 26.1 Å². The molecule has 0 unspecified atom stereocenters. The summed E-state index contributed by atoms with van der Waals surface area (Å²) in [4.78, 5) is 16.8. The molecule has 0 heterocycles. The van der Waals surface area contributed by atoms with Crippen LogP contribution in [0.4, 0.5) is 5.69 Å². The highest BCUT2D eigenvalue weighted by Gasteiger charge is 2.11. The maximum atomic E-state index is 11.8. The van der Waals surface area contributed by atoms with Crippen LogP contribution in [-0.2, 0) is 19.7 Å². The Morgan fingerprint density at radius 2 is 1.77 bits per heavy atom. The van der Waals surface area contributed by atoms with Crippen LogP contribution in [0.2, 0.25) is 0 Å². The number of carbonyl (C=O) groups excluding carboxylic acids is 1. The highest BCUT2D eigenvalue weighted by molar-refractivity contribution is 7.89. The summed E-state index contributed by atoms with van der Waals surface area (Å²) in [6, 6.07) is 12.9. The van der Waals surface area contributed by atoms with E-state index in [-0.39, 0.29) is 11.5 Å². The number of benzene rings is 2. The molecule has 2 rings (SSSR count). The molecule has 138 valence electrons. The van der Waals surface area contributed by atoms with Gasteiger partial charge in [-0.3, -0.25) is 4.79 Å². The molecule has 0 aliphatic rings. The van der Waals surface area contributed by atoms with E-state index in [0.29, 0.717) is 5.69 Å². The van der Waals surface area contributed by atoms with E-state index in [4.69, 9.17) is 9.57 Å². The Morgan fingerprint density at radius 1 is 1.12 bits per heavy atom. The number of carbonyl (C=O) groups is 1. The first kappa shape index (κ1) is 19.4. The predicted molar refractivity (Wildman–Crippen MR) is 97.9 cm³/mol. The van der Waals surface area contributed by atoms with Crippen LogP contribution >= 0.6 is 0 Å². The van der Waals surface area contributed by atoms with Crippen molar-refractivity contribution in [1.82, 2.24) is 4.72 Å². The van der Waals surface area contributed by atoms with E-state index in [9.17, 15) is 13.2 Å². The van der Waals surface area contributed by atoms with Crippen molar-refractivity contribution in [1.29, 1.82) is 0 Å². The molecule has 0 bridgehead atoms. The smallest absolute Gasteiger partial charge is 0.265 e. The van der Waals surface area contributed by atoms with Crippen LogP contribution in [0, 0.1) is 0 Å². The fraction of sp³-hybridized carbons (Fsp3) is 0.176. The number of hydrogen-bond donors (Lipinski definition) is 2. The van der Waals surface area contributed by atoms with Gasteiger partial charge in [0.25, 0.3) is 5.91 Å². The lowest BCUT2D eigenvalue weighted by Gasteiger charge is -2.06. The van der Waals surface area contributed by atoms with E-state index in [1.54, 1.807) is 31.4 Å². The number of methoxy groups -OCH3 is 1. The van der Waals surface area contributed by atoms with Crippen molar-refractivity contribution in [2.24, 2.45) is 5.16 Å². The third-order valence-electron chi connectivity index (χ3n) is 3.30. The molecule has 26 heavy (non-hydrogen) atoms. The third-order valence-corrected chi connectivity index (χ3v) is 4.74. The second-order valence-corrected chi connectivity index (χ2v) is 6.95. The molecule has 0 aliphatic carbocycles. The number of anilines is 1. The second-order valence-electron chi connectivity index (χ2n) is 5.06. The van der Waals surface area contributed by atoms with Gasteiger partial charge < -0.3 is 14.9 Å². The lowest BCUT2D eigenvalue weighted by atomic mass is 10.2. The number of ether oxygens (including phenoxy) is 1. The SMILES string of the molecule is CNS(=O)(=O)c1ccc(NC(=O)CO/N=C\c2ccc(OC)cc2)cc1. The maximum absolute atomic E-state index is 11.8. The molecule has 0 saturated heterocycles. The molecule has 2 aromatic carbocycles. The largest absolute Gasteiger partial charge is 0.497 e. The third kappa shape index (κ3) is 5.57. The Morgan fingerprint density at radius 3 is 2.35 bits per heavy atom. The first-order valence-corrected chi connectivity index (χ1v) is 9.06. The van der Waals surface area contributed by atoms with Crippen LogP contribution in [-0.4, -0.2) is 41.3 Å². The van der Waals surface area contributed by atoms with Gasteiger partial charge in [0, 0.05) is 5.69 Å². The molecule has 0 fully saturated rings. The van der Waals surface area contributed by atoms with Gasteiger partial charge in [-0.05, 0) is 61.1 Å². The normalized spacial score (nSPS) is 11.3. The zero-order chi connectivity index (χ0) is 19.0. The predicted octanol–water partition coefficient (Wildman–Crippen LogP) is 1.59. The number of rotatable bonds is 8. The van der Waals surface area contributed by atoms with Crippen LogP contribution in [0.3, 0.4) is 0 Å². The van der Waals surface area contributed by atoms with Crippen LogP contribution in [0.1, 0.15) is 5.56 Å². The standard InChI is InChI=1S/C17H19N3O5S/c1-18-26(22,23)16-9-5-14(6-10-16)20-17(21)12-25-19-11-13-3-7-15(24-2)8-4-13/h3-11,18H,12H2,1-2H3,(H,20,21)/b19-11-. The molecular formula is C17H19N3O5S. The maximum Gasteiger partial charge on any atom is 0.265 e.